The van der Waals surface area contributed by atoms with Gasteiger partial charge in [0, 0.05) is 60.3 Å². The highest BCUT2D eigenvalue weighted by Gasteiger charge is 2.08. The lowest BCUT2D eigenvalue weighted by Gasteiger charge is -2.14. The van der Waals surface area contributed by atoms with Gasteiger partial charge in [-0.15, -0.1) is 0 Å². The Balaban J connectivity index is 2.44. The van der Waals surface area contributed by atoms with Gasteiger partial charge in [-0.1, -0.05) is 12.1 Å². The number of amides is 2. The molecule has 1 rings (SSSR count). The van der Waals surface area contributed by atoms with Gasteiger partial charge >= 0.3 is 0 Å². The van der Waals surface area contributed by atoms with Gasteiger partial charge in [-0.25, -0.2) is 0 Å². The van der Waals surface area contributed by atoms with E-state index in [1.54, 1.807) is 45.0 Å². The first-order valence-corrected chi connectivity index (χ1v) is 8.30. The molecule has 0 aliphatic heterocycles. The zero-order chi connectivity index (χ0) is 18.8. The predicted octanol–water partition coefficient (Wildman–Crippen LogP) is 0.574. The number of hydrogen-bond acceptors (Lipinski definition) is 3. The maximum Gasteiger partial charge on any atom is 0.253 e. The lowest BCUT2D eigenvalue weighted by Crippen LogP contribution is -2.40. The van der Waals surface area contributed by atoms with Crippen molar-refractivity contribution < 1.29 is 9.59 Å². The summed E-state index contributed by atoms with van der Waals surface area (Å²) in [6.45, 7) is 1.21. The summed E-state index contributed by atoms with van der Waals surface area (Å²) in [6, 6.07) is 7.63. The number of carbonyl (C=O) groups is 2. The molecule has 0 aliphatic rings. The minimum Gasteiger partial charge on any atom is -0.356 e. The maximum absolute atomic E-state index is 12.0. The highest BCUT2D eigenvalue weighted by Crippen LogP contribution is 2.07. The molecule has 0 bridgehead atoms. The molecule has 1 aromatic rings. The Labute approximate surface area is 150 Å². The standard InChI is InChI=1S/C18H29N5O2/c1-19-18(21-12-10-16(24)22(2)3)20-11-9-14-7-6-8-15(13-14)17(25)23(4)5/h6-8,13H,9-12H2,1-5H3,(H2,19,20,21). The van der Waals surface area contributed by atoms with Crippen LogP contribution in [0.1, 0.15) is 22.3 Å². The molecular formula is C18H29N5O2. The number of rotatable bonds is 7. The van der Waals surface area contributed by atoms with Gasteiger partial charge in [-0.3, -0.25) is 14.6 Å². The van der Waals surface area contributed by atoms with Crippen LogP contribution in [-0.2, 0) is 11.2 Å². The number of aliphatic imine (C=N–C) groups is 1. The first-order chi connectivity index (χ1) is 11.8. The number of nitrogens with one attached hydrogen (secondary N) is 2. The number of hydrogen-bond donors (Lipinski definition) is 2. The molecule has 0 aromatic heterocycles. The number of nitrogens with zero attached hydrogens (tertiary/aromatic N) is 3. The van der Waals surface area contributed by atoms with E-state index in [1.807, 2.05) is 24.3 Å². The molecule has 2 amide bonds. The summed E-state index contributed by atoms with van der Waals surface area (Å²) < 4.78 is 0. The van der Waals surface area contributed by atoms with Crippen LogP contribution in [0.4, 0.5) is 0 Å². The van der Waals surface area contributed by atoms with Crippen molar-refractivity contribution >= 4 is 17.8 Å². The summed E-state index contributed by atoms with van der Waals surface area (Å²) in [5.41, 5.74) is 1.77. The second-order valence-electron chi connectivity index (χ2n) is 6.11. The minimum absolute atomic E-state index is 0.00200. The molecule has 0 radical (unpaired) electrons. The Bertz CT molecular complexity index is 611. The fraction of sp³-hybridized carbons (Fsp3) is 0.500. The number of carbonyl (C=O) groups excluding carboxylic acids is 2. The van der Waals surface area contributed by atoms with Crippen molar-refractivity contribution in [1.82, 2.24) is 20.4 Å². The fourth-order valence-electron chi connectivity index (χ4n) is 2.18. The van der Waals surface area contributed by atoms with Crippen LogP contribution in [0.25, 0.3) is 0 Å². The maximum atomic E-state index is 12.0. The van der Waals surface area contributed by atoms with Gasteiger partial charge in [0.1, 0.15) is 0 Å². The van der Waals surface area contributed by atoms with Crippen LogP contribution in [0, 0.1) is 0 Å². The first kappa shape index (κ1) is 20.5. The van der Waals surface area contributed by atoms with Crippen molar-refractivity contribution in [2.24, 2.45) is 4.99 Å². The molecule has 0 fully saturated rings. The van der Waals surface area contributed by atoms with E-state index in [-0.39, 0.29) is 11.8 Å². The topological polar surface area (TPSA) is 77.0 Å². The van der Waals surface area contributed by atoms with Crippen molar-refractivity contribution in [2.75, 3.05) is 48.3 Å². The smallest absolute Gasteiger partial charge is 0.253 e. The van der Waals surface area contributed by atoms with Gasteiger partial charge in [0.25, 0.3) is 5.91 Å². The van der Waals surface area contributed by atoms with E-state index >= 15 is 0 Å². The molecule has 1 aromatic carbocycles. The average Bonchev–Trinajstić information content (AvgIpc) is 2.59. The van der Waals surface area contributed by atoms with Crippen molar-refractivity contribution in [3.05, 3.63) is 35.4 Å². The Morgan fingerprint density at radius 1 is 1.04 bits per heavy atom. The molecule has 0 saturated heterocycles. The van der Waals surface area contributed by atoms with Crippen LogP contribution in [0.3, 0.4) is 0 Å². The van der Waals surface area contributed by atoms with Crippen molar-refractivity contribution in [2.45, 2.75) is 12.8 Å². The third-order valence-corrected chi connectivity index (χ3v) is 3.64. The molecule has 0 saturated carbocycles. The SMILES string of the molecule is CN=C(NCCC(=O)N(C)C)NCCc1cccc(C(=O)N(C)C)c1. The zero-order valence-electron chi connectivity index (χ0n) is 15.8. The quantitative estimate of drug-likeness (QED) is 0.559. The third kappa shape index (κ3) is 7.24. The second-order valence-corrected chi connectivity index (χ2v) is 6.11. The Kier molecular flexibility index (Phi) is 8.46. The molecule has 7 nitrogen and oxygen atoms in total. The lowest BCUT2D eigenvalue weighted by molar-refractivity contribution is -0.128. The fourth-order valence-corrected chi connectivity index (χ4v) is 2.18. The van der Waals surface area contributed by atoms with Gasteiger partial charge in [-0.2, -0.15) is 0 Å². The second kappa shape index (κ2) is 10.3. The zero-order valence-corrected chi connectivity index (χ0v) is 15.8. The molecule has 138 valence electrons. The molecule has 0 heterocycles. The van der Waals surface area contributed by atoms with E-state index in [2.05, 4.69) is 15.6 Å². The minimum atomic E-state index is -0.00200. The summed E-state index contributed by atoms with van der Waals surface area (Å²) in [5.74, 6) is 0.732. The highest BCUT2D eigenvalue weighted by atomic mass is 16.2. The molecule has 0 atom stereocenters. The molecule has 0 unspecified atom stereocenters. The van der Waals surface area contributed by atoms with Gasteiger partial charge < -0.3 is 20.4 Å². The van der Waals surface area contributed by atoms with Crippen molar-refractivity contribution in [3.63, 3.8) is 0 Å². The molecule has 25 heavy (non-hydrogen) atoms. The van der Waals surface area contributed by atoms with E-state index in [4.69, 9.17) is 0 Å². The summed E-state index contributed by atoms with van der Waals surface area (Å²) in [5, 5.41) is 6.33. The average molecular weight is 347 g/mol. The number of guanidine groups is 1. The van der Waals surface area contributed by atoms with E-state index in [0.717, 1.165) is 12.0 Å². The van der Waals surface area contributed by atoms with Gasteiger partial charge in [0.15, 0.2) is 5.96 Å². The van der Waals surface area contributed by atoms with Gasteiger partial charge in [0.2, 0.25) is 5.91 Å². The molecule has 0 spiro atoms. The molecular weight excluding hydrogens is 318 g/mol. The van der Waals surface area contributed by atoms with Crippen LogP contribution in [0.15, 0.2) is 29.3 Å². The summed E-state index contributed by atoms with van der Waals surface area (Å²) in [7, 11) is 8.66. The van der Waals surface area contributed by atoms with Crippen LogP contribution in [0.5, 0.6) is 0 Å². The van der Waals surface area contributed by atoms with E-state index in [1.165, 1.54) is 0 Å². The normalized spacial score (nSPS) is 11.0. The molecule has 2 N–H and O–H groups in total. The first-order valence-electron chi connectivity index (χ1n) is 8.30. The summed E-state index contributed by atoms with van der Waals surface area (Å²) in [6.07, 6.45) is 1.19. The molecule has 7 heteroatoms. The lowest BCUT2D eigenvalue weighted by atomic mass is 10.1. The molecule has 0 aliphatic carbocycles. The predicted molar refractivity (Wildman–Crippen MR) is 101 cm³/mol. The Hall–Kier alpha value is -2.57. The van der Waals surface area contributed by atoms with Gasteiger partial charge in [0.05, 0.1) is 0 Å². The van der Waals surface area contributed by atoms with Gasteiger partial charge in [-0.05, 0) is 24.1 Å². The Morgan fingerprint density at radius 2 is 1.72 bits per heavy atom. The Morgan fingerprint density at radius 3 is 2.32 bits per heavy atom. The van der Waals surface area contributed by atoms with Crippen LogP contribution >= 0.6 is 0 Å². The van der Waals surface area contributed by atoms with E-state index in [9.17, 15) is 9.59 Å². The largest absolute Gasteiger partial charge is 0.356 e. The number of benzene rings is 1. The summed E-state index contributed by atoms with van der Waals surface area (Å²) in [4.78, 5) is 30.8. The van der Waals surface area contributed by atoms with Crippen LogP contribution < -0.4 is 10.6 Å². The monoisotopic (exact) mass is 347 g/mol. The van der Waals surface area contributed by atoms with Crippen LogP contribution in [-0.4, -0.2) is 75.9 Å². The van der Waals surface area contributed by atoms with E-state index < -0.39 is 0 Å². The summed E-state index contributed by atoms with van der Waals surface area (Å²) >= 11 is 0. The van der Waals surface area contributed by atoms with Crippen molar-refractivity contribution in [3.8, 4) is 0 Å². The van der Waals surface area contributed by atoms with E-state index in [0.29, 0.717) is 31.0 Å². The van der Waals surface area contributed by atoms with Crippen molar-refractivity contribution in [1.29, 1.82) is 0 Å². The third-order valence-electron chi connectivity index (χ3n) is 3.64. The highest BCUT2D eigenvalue weighted by molar-refractivity contribution is 5.94. The van der Waals surface area contributed by atoms with Crippen LogP contribution in [0.2, 0.25) is 0 Å².